The quantitative estimate of drug-likeness (QED) is 0.776. The van der Waals surface area contributed by atoms with Crippen LogP contribution in [0, 0.1) is 11.3 Å². The van der Waals surface area contributed by atoms with E-state index in [0.29, 0.717) is 17.2 Å². The van der Waals surface area contributed by atoms with Crippen LogP contribution in [0.1, 0.15) is 30.9 Å². The third kappa shape index (κ3) is 3.15. The van der Waals surface area contributed by atoms with Crippen molar-refractivity contribution in [1.29, 1.82) is 5.26 Å². The molecule has 0 aliphatic heterocycles. The third-order valence-electron chi connectivity index (χ3n) is 2.84. The lowest BCUT2D eigenvalue weighted by Crippen LogP contribution is -1.92. The summed E-state index contributed by atoms with van der Waals surface area (Å²) >= 11 is 3.36. The van der Waals surface area contributed by atoms with Gasteiger partial charge in [-0.1, -0.05) is 32.0 Å². The van der Waals surface area contributed by atoms with Gasteiger partial charge in [0.2, 0.25) is 0 Å². The van der Waals surface area contributed by atoms with E-state index in [1.165, 1.54) is 5.56 Å². The first-order valence-electron chi connectivity index (χ1n) is 6.08. The minimum Gasteiger partial charge on any atom is -0.456 e. The molecule has 0 unspecified atom stereocenters. The largest absolute Gasteiger partial charge is 0.456 e. The normalized spacial score (nSPS) is 10.3. The van der Waals surface area contributed by atoms with E-state index in [1.54, 1.807) is 6.07 Å². The number of benzene rings is 2. The zero-order chi connectivity index (χ0) is 13.8. The maximum absolute atomic E-state index is 9.16. The highest BCUT2D eigenvalue weighted by atomic mass is 79.9. The van der Waals surface area contributed by atoms with Crippen LogP contribution in [0.5, 0.6) is 11.5 Å². The fourth-order valence-corrected chi connectivity index (χ4v) is 2.20. The topological polar surface area (TPSA) is 33.0 Å². The second-order valence-electron chi connectivity index (χ2n) is 4.55. The summed E-state index contributed by atoms with van der Waals surface area (Å²) in [5, 5.41) is 9.16. The molecule has 0 N–H and O–H groups in total. The molecule has 0 radical (unpaired) electrons. The molecular weight excluding hydrogens is 302 g/mol. The molecule has 0 spiro atoms. The van der Waals surface area contributed by atoms with Crippen LogP contribution in [0.4, 0.5) is 0 Å². The second-order valence-corrected chi connectivity index (χ2v) is 5.41. The first-order valence-corrected chi connectivity index (χ1v) is 6.87. The van der Waals surface area contributed by atoms with E-state index in [-0.39, 0.29) is 0 Å². The van der Waals surface area contributed by atoms with E-state index in [0.717, 1.165) is 10.2 Å². The third-order valence-corrected chi connectivity index (χ3v) is 3.50. The number of halogens is 1. The van der Waals surface area contributed by atoms with Crippen molar-refractivity contribution in [2.75, 3.05) is 0 Å². The predicted molar refractivity (Wildman–Crippen MR) is 79.5 cm³/mol. The van der Waals surface area contributed by atoms with Gasteiger partial charge >= 0.3 is 0 Å². The fourth-order valence-electron chi connectivity index (χ4n) is 1.76. The number of hydrogen-bond acceptors (Lipinski definition) is 2. The Labute approximate surface area is 121 Å². The van der Waals surface area contributed by atoms with Gasteiger partial charge in [-0.3, -0.25) is 0 Å². The lowest BCUT2D eigenvalue weighted by Gasteiger charge is -2.11. The number of nitriles is 1. The second kappa shape index (κ2) is 5.90. The molecule has 2 nitrogen and oxygen atoms in total. The van der Waals surface area contributed by atoms with Crippen molar-refractivity contribution >= 4 is 15.9 Å². The van der Waals surface area contributed by atoms with Gasteiger partial charge < -0.3 is 4.74 Å². The molecule has 0 saturated heterocycles. The van der Waals surface area contributed by atoms with Crippen molar-refractivity contribution in [2.45, 2.75) is 19.8 Å². The molecule has 2 aromatic carbocycles. The fraction of sp³-hybridized carbons (Fsp3) is 0.188. The smallest absolute Gasteiger partial charge is 0.146 e. The number of rotatable bonds is 3. The summed E-state index contributed by atoms with van der Waals surface area (Å²) in [6.07, 6.45) is 0. The standard InChI is InChI=1S/C16H14BrNO/c1-11(2)12-5-3-6-13(9-12)19-16-8-4-7-15(17)14(16)10-18/h3-9,11H,1-2H3. The molecular formula is C16H14BrNO. The van der Waals surface area contributed by atoms with Crippen molar-refractivity contribution in [3.05, 3.63) is 58.1 Å². The molecule has 19 heavy (non-hydrogen) atoms. The van der Waals surface area contributed by atoms with E-state index in [2.05, 4.69) is 41.9 Å². The lowest BCUT2D eigenvalue weighted by atomic mass is 10.0. The van der Waals surface area contributed by atoms with Gasteiger partial charge in [-0.25, -0.2) is 0 Å². The van der Waals surface area contributed by atoms with Gasteiger partial charge in [0.25, 0.3) is 0 Å². The molecule has 0 amide bonds. The van der Waals surface area contributed by atoms with E-state index >= 15 is 0 Å². The Balaban J connectivity index is 2.34. The summed E-state index contributed by atoms with van der Waals surface area (Å²) in [7, 11) is 0. The minimum atomic E-state index is 0.446. The molecule has 0 saturated carbocycles. The van der Waals surface area contributed by atoms with E-state index in [4.69, 9.17) is 10.00 Å². The SMILES string of the molecule is CC(C)c1cccc(Oc2cccc(Br)c2C#N)c1. The molecule has 0 fully saturated rings. The summed E-state index contributed by atoms with van der Waals surface area (Å²) in [6.45, 7) is 4.28. The molecule has 0 atom stereocenters. The van der Waals surface area contributed by atoms with Crippen molar-refractivity contribution in [1.82, 2.24) is 0 Å². The Hall–Kier alpha value is -1.79. The molecule has 0 heterocycles. The van der Waals surface area contributed by atoms with Crippen molar-refractivity contribution in [2.24, 2.45) is 0 Å². The van der Waals surface area contributed by atoms with Crippen molar-refractivity contribution < 1.29 is 4.74 Å². The molecule has 0 aromatic heterocycles. The van der Waals surface area contributed by atoms with E-state index < -0.39 is 0 Å². The van der Waals surface area contributed by atoms with Crippen molar-refractivity contribution in [3.8, 4) is 17.6 Å². The van der Waals surface area contributed by atoms with Gasteiger partial charge in [0.1, 0.15) is 23.1 Å². The molecule has 0 bridgehead atoms. The average molecular weight is 316 g/mol. The number of ether oxygens (including phenoxy) is 1. The number of hydrogen-bond donors (Lipinski definition) is 0. The van der Waals surface area contributed by atoms with Gasteiger partial charge in [0.15, 0.2) is 0 Å². The van der Waals surface area contributed by atoms with Crippen molar-refractivity contribution in [3.63, 3.8) is 0 Å². The Morgan fingerprint density at radius 3 is 2.58 bits per heavy atom. The van der Waals surface area contributed by atoms with Crippen LogP contribution < -0.4 is 4.74 Å². The predicted octanol–water partition coefficient (Wildman–Crippen LogP) is 5.24. The summed E-state index contributed by atoms with van der Waals surface area (Å²) in [4.78, 5) is 0. The van der Waals surface area contributed by atoms with Gasteiger partial charge in [-0.05, 0) is 51.7 Å². The van der Waals surface area contributed by atoms with Crippen LogP contribution in [-0.2, 0) is 0 Å². The highest BCUT2D eigenvalue weighted by Gasteiger charge is 2.09. The summed E-state index contributed by atoms with van der Waals surface area (Å²) in [5.41, 5.74) is 1.73. The van der Waals surface area contributed by atoms with Crippen LogP contribution in [0.25, 0.3) is 0 Å². The Bertz CT molecular complexity index is 629. The molecule has 0 aliphatic carbocycles. The van der Waals surface area contributed by atoms with Crippen LogP contribution >= 0.6 is 15.9 Å². The van der Waals surface area contributed by atoms with Crippen LogP contribution in [0.3, 0.4) is 0 Å². The van der Waals surface area contributed by atoms with Crippen LogP contribution in [0.2, 0.25) is 0 Å². The summed E-state index contributed by atoms with van der Waals surface area (Å²) in [5.74, 6) is 1.76. The molecule has 2 aromatic rings. The Morgan fingerprint density at radius 1 is 1.16 bits per heavy atom. The average Bonchev–Trinajstić information content (AvgIpc) is 2.39. The van der Waals surface area contributed by atoms with E-state index in [9.17, 15) is 0 Å². The molecule has 3 heteroatoms. The molecule has 0 aliphatic rings. The Kier molecular flexibility index (Phi) is 4.24. The zero-order valence-corrected chi connectivity index (χ0v) is 12.4. The molecule has 2 rings (SSSR count). The summed E-state index contributed by atoms with van der Waals surface area (Å²) in [6, 6.07) is 15.6. The minimum absolute atomic E-state index is 0.446. The zero-order valence-electron chi connectivity index (χ0n) is 10.9. The van der Waals surface area contributed by atoms with Crippen LogP contribution in [0.15, 0.2) is 46.9 Å². The van der Waals surface area contributed by atoms with Gasteiger partial charge in [0, 0.05) is 4.47 Å². The van der Waals surface area contributed by atoms with Gasteiger partial charge in [-0.15, -0.1) is 0 Å². The van der Waals surface area contributed by atoms with Crippen LogP contribution in [-0.4, -0.2) is 0 Å². The first kappa shape index (κ1) is 13.6. The number of nitrogens with zero attached hydrogens (tertiary/aromatic N) is 1. The first-order chi connectivity index (χ1) is 9.11. The lowest BCUT2D eigenvalue weighted by molar-refractivity contribution is 0.479. The highest BCUT2D eigenvalue weighted by Crippen LogP contribution is 2.31. The maximum atomic E-state index is 9.16. The highest BCUT2D eigenvalue weighted by molar-refractivity contribution is 9.10. The van der Waals surface area contributed by atoms with Gasteiger partial charge in [-0.2, -0.15) is 5.26 Å². The monoisotopic (exact) mass is 315 g/mol. The maximum Gasteiger partial charge on any atom is 0.146 e. The van der Waals surface area contributed by atoms with Gasteiger partial charge in [0.05, 0.1) is 0 Å². The Morgan fingerprint density at radius 2 is 1.89 bits per heavy atom. The summed E-state index contributed by atoms with van der Waals surface area (Å²) < 4.78 is 6.56. The molecule has 96 valence electrons. The van der Waals surface area contributed by atoms with E-state index in [1.807, 2.05) is 30.3 Å².